The van der Waals surface area contributed by atoms with Crippen LogP contribution >= 0.6 is 11.8 Å². The van der Waals surface area contributed by atoms with Crippen molar-refractivity contribution in [2.75, 3.05) is 26.1 Å². The number of hydrogen-bond donors (Lipinski definition) is 0. The second-order valence-electron chi connectivity index (χ2n) is 6.04. The molecule has 1 fully saturated rings. The van der Waals surface area contributed by atoms with Crippen molar-refractivity contribution in [2.24, 2.45) is 5.41 Å². The van der Waals surface area contributed by atoms with Gasteiger partial charge in [0.1, 0.15) is 6.61 Å². The first kappa shape index (κ1) is 15.4. The van der Waals surface area contributed by atoms with Crippen LogP contribution in [0.2, 0.25) is 0 Å². The minimum atomic E-state index is -0.441. The minimum Gasteiger partial charge on any atom is -0.471 e. The van der Waals surface area contributed by atoms with Crippen molar-refractivity contribution < 1.29 is 19.1 Å². The number of rotatable bonds is 5. The fourth-order valence-corrected chi connectivity index (χ4v) is 3.22. The molecule has 20 heavy (non-hydrogen) atoms. The molecular formula is C14H21NO4S. The first-order valence-corrected chi connectivity index (χ1v) is 7.70. The number of β-lactam (4-membered cyclic amide) rings is 1. The van der Waals surface area contributed by atoms with Gasteiger partial charge in [-0.25, -0.2) is 0 Å². The molecule has 6 heteroatoms. The van der Waals surface area contributed by atoms with Crippen LogP contribution in [0.3, 0.4) is 0 Å². The maximum Gasteiger partial charge on any atom is 0.233 e. The van der Waals surface area contributed by atoms with Gasteiger partial charge in [-0.3, -0.25) is 14.5 Å². The van der Waals surface area contributed by atoms with Crippen molar-refractivity contribution in [2.45, 2.75) is 32.6 Å². The summed E-state index contributed by atoms with van der Waals surface area (Å²) in [4.78, 5) is 25.4. The largest absolute Gasteiger partial charge is 0.471 e. The van der Waals surface area contributed by atoms with E-state index in [0.717, 1.165) is 11.3 Å². The lowest BCUT2D eigenvalue weighted by Gasteiger charge is -2.44. The van der Waals surface area contributed by atoms with E-state index in [0.29, 0.717) is 18.9 Å². The lowest BCUT2D eigenvalue weighted by atomic mass is 9.91. The Kier molecular flexibility index (Phi) is 4.44. The Hall–Kier alpha value is -1.01. The van der Waals surface area contributed by atoms with Gasteiger partial charge in [0, 0.05) is 23.9 Å². The fourth-order valence-electron chi connectivity index (χ4n) is 1.99. The van der Waals surface area contributed by atoms with Crippen LogP contribution in [0.15, 0.2) is 11.5 Å². The second kappa shape index (κ2) is 5.77. The van der Waals surface area contributed by atoms with Crippen LogP contribution in [0.5, 0.6) is 0 Å². The summed E-state index contributed by atoms with van der Waals surface area (Å²) in [6.45, 7) is 5.99. The number of amides is 1. The minimum absolute atomic E-state index is 0.00673. The van der Waals surface area contributed by atoms with Crippen LogP contribution in [0, 0.1) is 5.41 Å². The summed E-state index contributed by atoms with van der Waals surface area (Å²) in [5.41, 5.74) is 0.493. The third kappa shape index (κ3) is 3.01. The number of methoxy groups -OCH3 is 1. The van der Waals surface area contributed by atoms with Crippen molar-refractivity contribution in [3.63, 3.8) is 0 Å². The smallest absolute Gasteiger partial charge is 0.233 e. The van der Waals surface area contributed by atoms with Crippen LogP contribution in [0.25, 0.3) is 0 Å². The molecule has 0 saturated carbocycles. The van der Waals surface area contributed by atoms with E-state index in [9.17, 15) is 9.59 Å². The summed E-state index contributed by atoms with van der Waals surface area (Å²) in [7, 11) is 1.61. The van der Waals surface area contributed by atoms with Gasteiger partial charge >= 0.3 is 0 Å². The predicted octanol–water partition coefficient (Wildman–Crippen LogP) is 1.78. The Morgan fingerprint density at radius 1 is 1.45 bits per heavy atom. The average molecular weight is 299 g/mol. The lowest BCUT2D eigenvalue weighted by molar-refractivity contribution is -0.145. The molecule has 0 N–H and O–H groups in total. The lowest BCUT2D eigenvalue weighted by Crippen LogP contribution is -2.53. The molecule has 1 atom stereocenters. The van der Waals surface area contributed by atoms with E-state index in [4.69, 9.17) is 9.47 Å². The topological polar surface area (TPSA) is 55.8 Å². The number of ketones is 1. The Balaban J connectivity index is 2.11. The molecule has 0 aliphatic carbocycles. The summed E-state index contributed by atoms with van der Waals surface area (Å²) >= 11 is 1.71. The average Bonchev–Trinajstić information content (AvgIpc) is 2.35. The van der Waals surface area contributed by atoms with E-state index in [1.165, 1.54) is 0 Å². The van der Waals surface area contributed by atoms with Crippen molar-refractivity contribution in [3.05, 3.63) is 11.5 Å². The zero-order valence-electron chi connectivity index (χ0n) is 12.4. The number of nitrogens with zero attached hydrogens (tertiary/aromatic N) is 1. The summed E-state index contributed by atoms with van der Waals surface area (Å²) < 4.78 is 10.8. The van der Waals surface area contributed by atoms with Crippen LogP contribution in [0.1, 0.15) is 27.2 Å². The number of hydrogen-bond acceptors (Lipinski definition) is 5. The summed E-state index contributed by atoms with van der Waals surface area (Å²) in [6, 6.07) is 0. The van der Waals surface area contributed by atoms with Crippen molar-refractivity contribution in [3.8, 4) is 0 Å². The Bertz CT molecular complexity index is 453. The van der Waals surface area contributed by atoms with Crippen LogP contribution in [0.4, 0.5) is 0 Å². The molecule has 5 nitrogen and oxygen atoms in total. The monoisotopic (exact) mass is 299 g/mol. The van der Waals surface area contributed by atoms with Gasteiger partial charge in [-0.15, -0.1) is 11.8 Å². The first-order chi connectivity index (χ1) is 9.34. The molecule has 0 bridgehead atoms. The van der Waals surface area contributed by atoms with Gasteiger partial charge in [-0.2, -0.15) is 0 Å². The predicted molar refractivity (Wildman–Crippen MR) is 77.0 cm³/mol. The molecule has 2 heterocycles. The van der Waals surface area contributed by atoms with Gasteiger partial charge in [-0.1, -0.05) is 20.8 Å². The Labute approximate surface area is 123 Å². The Morgan fingerprint density at radius 2 is 2.15 bits per heavy atom. The SMILES string of the molecule is COCC1=C(OCC(=O)C(C)(C)C)N2C(=O)C[C@H]2SC1. The standard InChI is InChI=1S/C14H21NO4S/c1-14(2,3)10(16)7-19-13-9(6-18-4)8-20-12-5-11(17)15(12)13/h12H,5-8H2,1-4H3/t12-/m1/s1. The maximum atomic E-state index is 12.0. The Morgan fingerprint density at radius 3 is 2.70 bits per heavy atom. The van der Waals surface area contributed by atoms with Gasteiger partial charge in [0.05, 0.1) is 18.4 Å². The molecule has 0 spiro atoms. The molecule has 2 aliphatic rings. The van der Waals surface area contributed by atoms with Gasteiger partial charge in [0.2, 0.25) is 5.91 Å². The molecule has 0 unspecified atom stereocenters. The van der Waals surface area contributed by atoms with E-state index >= 15 is 0 Å². The van der Waals surface area contributed by atoms with E-state index < -0.39 is 5.41 Å². The van der Waals surface area contributed by atoms with Crippen molar-refractivity contribution >= 4 is 23.5 Å². The highest BCUT2D eigenvalue weighted by Gasteiger charge is 2.44. The van der Waals surface area contributed by atoms with E-state index in [-0.39, 0.29) is 23.7 Å². The molecule has 0 aromatic rings. The summed E-state index contributed by atoms with van der Waals surface area (Å²) in [5, 5.41) is 0.155. The summed E-state index contributed by atoms with van der Waals surface area (Å²) in [5.74, 6) is 1.38. The van der Waals surface area contributed by atoms with Crippen molar-refractivity contribution in [1.29, 1.82) is 0 Å². The zero-order chi connectivity index (χ0) is 14.9. The van der Waals surface area contributed by atoms with Gasteiger partial charge in [0.15, 0.2) is 11.7 Å². The quantitative estimate of drug-likeness (QED) is 0.724. The summed E-state index contributed by atoms with van der Waals surface area (Å²) in [6.07, 6.45) is 0.547. The number of carbonyl (C=O) groups is 2. The molecule has 0 aromatic carbocycles. The molecule has 2 aliphatic heterocycles. The molecule has 2 rings (SSSR count). The second-order valence-corrected chi connectivity index (χ2v) is 7.20. The molecule has 1 amide bonds. The third-order valence-corrected chi connectivity index (χ3v) is 4.65. The number of thioether (sulfide) groups is 1. The van der Waals surface area contributed by atoms with Crippen LogP contribution in [-0.2, 0) is 19.1 Å². The number of carbonyl (C=O) groups excluding carboxylic acids is 2. The maximum absolute atomic E-state index is 12.0. The number of fused-ring (bicyclic) bond motifs is 1. The van der Waals surface area contributed by atoms with E-state index in [1.807, 2.05) is 20.8 Å². The number of ether oxygens (including phenoxy) is 2. The van der Waals surface area contributed by atoms with Crippen molar-refractivity contribution in [1.82, 2.24) is 4.90 Å². The molecular weight excluding hydrogens is 278 g/mol. The number of Topliss-reactive ketones (excluding diaryl/α,β-unsaturated/α-hetero) is 1. The van der Waals surface area contributed by atoms with Crippen LogP contribution < -0.4 is 0 Å². The van der Waals surface area contributed by atoms with Gasteiger partial charge in [0.25, 0.3) is 0 Å². The molecule has 0 aromatic heterocycles. The molecule has 0 radical (unpaired) electrons. The van der Waals surface area contributed by atoms with E-state index in [2.05, 4.69) is 0 Å². The highest BCUT2D eigenvalue weighted by molar-refractivity contribution is 8.00. The fraction of sp³-hybridized carbons (Fsp3) is 0.714. The highest BCUT2D eigenvalue weighted by Crippen LogP contribution is 2.40. The van der Waals surface area contributed by atoms with Gasteiger partial charge in [-0.05, 0) is 0 Å². The highest BCUT2D eigenvalue weighted by atomic mass is 32.2. The van der Waals surface area contributed by atoms with Gasteiger partial charge < -0.3 is 9.47 Å². The van der Waals surface area contributed by atoms with Crippen LogP contribution in [-0.4, -0.2) is 48.0 Å². The first-order valence-electron chi connectivity index (χ1n) is 6.65. The molecule has 1 saturated heterocycles. The normalized spacial score (nSPS) is 22.5. The van der Waals surface area contributed by atoms with E-state index in [1.54, 1.807) is 23.8 Å². The zero-order valence-corrected chi connectivity index (χ0v) is 13.2. The molecule has 112 valence electrons. The third-order valence-electron chi connectivity index (χ3n) is 3.37.